The fourth-order valence-electron chi connectivity index (χ4n) is 6.71. The molecule has 368 valence electrons. The maximum atomic E-state index is 12.8. The molecule has 0 radical (unpaired) electrons. The molecule has 0 amide bonds. The Kier molecular flexibility index (Phi) is 49.5. The van der Waals surface area contributed by atoms with Crippen molar-refractivity contribution >= 4 is 17.9 Å². The Balaban J connectivity index is 4.58. The lowest BCUT2D eigenvalue weighted by molar-refractivity contribution is -0.167. The maximum Gasteiger partial charge on any atom is 0.306 e. The lowest BCUT2D eigenvalue weighted by Crippen LogP contribution is -2.30. The van der Waals surface area contributed by atoms with Gasteiger partial charge in [0.25, 0.3) is 0 Å². The second-order valence-electron chi connectivity index (χ2n) is 17.1. The number of rotatable bonds is 46. The van der Waals surface area contributed by atoms with Crippen molar-refractivity contribution in [2.45, 2.75) is 232 Å². The monoisotopic (exact) mass is 901 g/mol. The van der Waals surface area contributed by atoms with E-state index in [0.29, 0.717) is 19.3 Å². The Bertz CT molecular complexity index is 1280. The van der Waals surface area contributed by atoms with Gasteiger partial charge >= 0.3 is 17.9 Å². The second kappa shape index (κ2) is 52.7. The number of allylic oxidation sites excluding steroid dienone is 18. The summed E-state index contributed by atoms with van der Waals surface area (Å²) >= 11 is 0. The molecule has 65 heavy (non-hydrogen) atoms. The number of hydrogen-bond donors (Lipinski definition) is 0. The van der Waals surface area contributed by atoms with E-state index in [1.165, 1.54) is 89.9 Å². The zero-order chi connectivity index (χ0) is 47.2. The molecule has 6 heteroatoms. The number of ether oxygens (including phenoxy) is 3. The topological polar surface area (TPSA) is 78.9 Å². The van der Waals surface area contributed by atoms with Crippen LogP contribution in [0.15, 0.2) is 109 Å². The molecular formula is C59H96O6. The Hall–Kier alpha value is -3.93. The van der Waals surface area contributed by atoms with Gasteiger partial charge in [-0.05, 0) is 122 Å². The van der Waals surface area contributed by atoms with E-state index in [9.17, 15) is 14.4 Å². The number of esters is 3. The molecule has 0 aliphatic heterocycles. The lowest BCUT2D eigenvalue weighted by atomic mass is 10.1. The lowest BCUT2D eigenvalue weighted by Gasteiger charge is -2.18. The molecule has 0 heterocycles. The van der Waals surface area contributed by atoms with Crippen LogP contribution in [0.3, 0.4) is 0 Å². The first-order valence-corrected chi connectivity index (χ1v) is 26.4. The van der Waals surface area contributed by atoms with Gasteiger partial charge in [-0.15, -0.1) is 0 Å². The highest BCUT2D eigenvalue weighted by atomic mass is 16.6. The normalized spacial score (nSPS) is 12.6. The van der Waals surface area contributed by atoms with Crippen LogP contribution in [0, 0.1) is 0 Å². The van der Waals surface area contributed by atoms with Crippen molar-refractivity contribution in [1.82, 2.24) is 0 Å². The van der Waals surface area contributed by atoms with Gasteiger partial charge in [-0.2, -0.15) is 0 Å². The van der Waals surface area contributed by atoms with E-state index in [0.717, 1.165) is 83.5 Å². The molecule has 0 aromatic heterocycles. The predicted octanol–water partition coefficient (Wildman–Crippen LogP) is 17.5. The minimum atomic E-state index is -0.828. The molecule has 0 aliphatic rings. The van der Waals surface area contributed by atoms with Crippen LogP contribution < -0.4 is 0 Å². The smallest absolute Gasteiger partial charge is 0.306 e. The van der Waals surface area contributed by atoms with Crippen LogP contribution >= 0.6 is 0 Å². The molecule has 0 aromatic carbocycles. The molecule has 0 rings (SSSR count). The molecule has 0 fully saturated rings. The van der Waals surface area contributed by atoms with E-state index < -0.39 is 6.10 Å². The van der Waals surface area contributed by atoms with Crippen molar-refractivity contribution in [3.8, 4) is 0 Å². The summed E-state index contributed by atoms with van der Waals surface area (Å²) in [6, 6.07) is 0. The van der Waals surface area contributed by atoms with Crippen molar-refractivity contribution in [2.75, 3.05) is 13.2 Å². The van der Waals surface area contributed by atoms with E-state index in [2.05, 4.69) is 130 Å². The summed E-state index contributed by atoms with van der Waals surface area (Å²) in [5, 5.41) is 0. The molecule has 0 aromatic rings. The van der Waals surface area contributed by atoms with E-state index in [-0.39, 0.29) is 44.0 Å². The van der Waals surface area contributed by atoms with Gasteiger partial charge in [-0.1, -0.05) is 194 Å². The van der Waals surface area contributed by atoms with Crippen LogP contribution in [-0.4, -0.2) is 37.2 Å². The van der Waals surface area contributed by atoms with Gasteiger partial charge in [-0.25, -0.2) is 0 Å². The highest BCUT2D eigenvalue weighted by Crippen LogP contribution is 2.12. The minimum absolute atomic E-state index is 0.128. The van der Waals surface area contributed by atoms with Crippen LogP contribution in [0.25, 0.3) is 0 Å². The molecule has 0 N–H and O–H groups in total. The van der Waals surface area contributed by atoms with Crippen molar-refractivity contribution in [3.05, 3.63) is 109 Å². The largest absolute Gasteiger partial charge is 0.462 e. The summed E-state index contributed by atoms with van der Waals surface area (Å²) in [6.07, 6.45) is 70.8. The average Bonchev–Trinajstić information content (AvgIpc) is 3.30. The van der Waals surface area contributed by atoms with Crippen LogP contribution in [0.2, 0.25) is 0 Å². The predicted molar refractivity (Wildman–Crippen MR) is 279 cm³/mol. The fraction of sp³-hybridized carbons (Fsp3) is 0.644. The summed E-state index contributed by atoms with van der Waals surface area (Å²) < 4.78 is 16.7. The summed E-state index contributed by atoms with van der Waals surface area (Å²) in [5.41, 5.74) is 0. The van der Waals surface area contributed by atoms with Gasteiger partial charge in [0.15, 0.2) is 6.10 Å². The summed E-state index contributed by atoms with van der Waals surface area (Å²) in [4.78, 5) is 38.0. The molecule has 0 saturated heterocycles. The third kappa shape index (κ3) is 50.9. The van der Waals surface area contributed by atoms with Crippen LogP contribution in [-0.2, 0) is 28.6 Å². The first-order chi connectivity index (χ1) is 32.0. The van der Waals surface area contributed by atoms with Gasteiger partial charge < -0.3 is 14.2 Å². The van der Waals surface area contributed by atoms with E-state index in [1.807, 2.05) is 0 Å². The van der Waals surface area contributed by atoms with Gasteiger partial charge in [0.05, 0.1) is 0 Å². The summed E-state index contributed by atoms with van der Waals surface area (Å²) in [7, 11) is 0. The van der Waals surface area contributed by atoms with Crippen LogP contribution in [0.1, 0.15) is 226 Å². The molecule has 0 saturated carbocycles. The Morgan fingerprint density at radius 1 is 0.308 bits per heavy atom. The average molecular weight is 901 g/mol. The third-order valence-corrected chi connectivity index (χ3v) is 10.7. The fourth-order valence-corrected chi connectivity index (χ4v) is 6.71. The Labute approximate surface area is 400 Å². The zero-order valence-electron chi connectivity index (χ0n) is 42.0. The highest BCUT2D eigenvalue weighted by molar-refractivity contribution is 5.71. The SMILES string of the molecule is CCCCC/C=C\C/C=C\C/C=C\C/C=C\CCCC(=O)OCC(COC(=O)CCC/C=C\C/C=C\C/C=C\C/C=C\CCCCC)OC(=O)CCCCCCC/C=C\CCCCCC. The summed E-state index contributed by atoms with van der Waals surface area (Å²) in [6.45, 7) is 6.45. The van der Waals surface area contributed by atoms with Gasteiger partial charge in [0.1, 0.15) is 13.2 Å². The first kappa shape index (κ1) is 61.1. The maximum absolute atomic E-state index is 12.8. The van der Waals surface area contributed by atoms with Gasteiger partial charge in [-0.3, -0.25) is 14.4 Å². The number of carbonyl (C=O) groups excluding carboxylic acids is 3. The van der Waals surface area contributed by atoms with E-state index >= 15 is 0 Å². The highest BCUT2D eigenvalue weighted by Gasteiger charge is 2.19. The second-order valence-corrected chi connectivity index (χ2v) is 17.1. The van der Waals surface area contributed by atoms with Crippen LogP contribution in [0.4, 0.5) is 0 Å². The molecule has 0 spiro atoms. The molecule has 0 atom stereocenters. The Morgan fingerprint density at radius 2 is 0.569 bits per heavy atom. The van der Waals surface area contributed by atoms with Gasteiger partial charge in [0, 0.05) is 19.3 Å². The molecule has 0 bridgehead atoms. The van der Waals surface area contributed by atoms with Crippen molar-refractivity contribution in [3.63, 3.8) is 0 Å². The standard InChI is InChI=1S/C59H96O6/c1-4-7-10-13-16-19-22-25-27-29-31-34-36-39-42-45-48-51-57(60)63-54-56(65-59(62)53-50-47-44-41-38-33-24-21-18-15-12-9-6-3)55-64-58(61)52-49-46-43-40-37-35-32-30-28-26-23-20-17-14-11-8-5-2/h16-17,19-21,24-28,31-32,34-35,39-40,42-43,56H,4-15,18,22-23,29-30,33,36-38,41,44-55H2,1-3H3/b19-16-,20-17-,24-21-,27-25-,28-26-,34-31-,35-32-,42-39-,43-40-. The first-order valence-electron chi connectivity index (χ1n) is 26.4. The van der Waals surface area contributed by atoms with E-state index in [1.54, 1.807) is 0 Å². The van der Waals surface area contributed by atoms with Gasteiger partial charge in [0.2, 0.25) is 0 Å². The number of carbonyl (C=O) groups is 3. The van der Waals surface area contributed by atoms with E-state index in [4.69, 9.17) is 14.2 Å². The number of unbranched alkanes of at least 4 members (excludes halogenated alkanes) is 17. The molecule has 0 unspecified atom stereocenters. The number of hydrogen-bond acceptors (Lipinski definition) is 6. The summed E-state index contributed by atoms with van der Waals surface area (Å²) in [5.74, 6) is -1.05. The van der Waals surface area contributed by atoms with Crippen molar-refractivity contribution in [2.24, 2.45) is 0 Å². The van der Waals surface area contributed by atoms with Crippen LogP contribution in [0.5, 0.6) is 0 Å². The molecule has 0 aliphatic carbocycles. The quantitative estimate of drug-likeness (QED) is 0.0262. The minimum Gasteiger partial charge on any atom is -0.462 e. The van der Waals surface area contributed by atoms with Crippen molar-refractivity contribution in [1.29, 1.82) is 0 Å². The van der Waals surface area contributed by atoms with Crippen molar-refractivity contribution < 1.29 is 28.6 Å². The third-order valence-electron chi connectivity index (χ3n) is 10.7. The molecular weight excluding hydrogens is 805 g/mol. The zero-order valence-corrected chi connectivity index (χ0v) is 42.0. The Morgan fingerprint density at radius 3 is 0.954 bits per heavy atom. The molecule has 6 nitrogen and oxygen atoms in total.